The molecule has 1 atom stereocenters. The third-order valence-corrected chi connectivity index (χ3v) is 4.14. The maximum absolute atomic E-state index is 4.65. The van der Waals surface area contributed by atoms with Crippen molar-refractivity contribution in [2.45, 2.75) is 25.9 Å². The van der Waals surface area contributed by atoms with Crippen LogP contribution in [0.25, 0.3) is 0 Å². The fourth-order valence-corrected chi connectivity index (χ4v) is 2.76. The zero-order valence-electron chi connectivity index (χ0n) is 13.3. The van der Waals surface area contributed by atoms with Crippen molar-refractivity contribution in [2.75, 3.05) is 13.6 Å². The molecule has 0 bridgehead atoms. The van der Waals surface area contributed by atoms with Gasteiger partial charge in [-0.25, -0.2) is 0 Å². The summed E-state index contributed by atoms with van der Waals surface area (Å²) in [6.07, 6.45) is 1.09. The smallest absolute Gasteiger partial charge is 0.194 e. The molecule has 1 N–H and O–H groups in total. The summed E-state index contributed by atoms with van der Waals surface area (Å²) < 4.78 is 0. The molecule has 1 aliphatic rings. The molecule has 0 radical (unpaired) electrons. The molecule has 0 saturated heterocycles. The Morgan fingerprint density at radius 1 is 1.05 bits per heavy atom. The Morgan fingerprint density at radius 2 is 1.73 bits per heavy atom. The summed E-state index contributed by atoms with van der Waals surface area (Å²) in [6, 6.07) is 19.6. The molecule has 0 aromatic heterocycles. The molecule has 2 aromatic rings. The molecule has 22 heavy (non-hydrogen) atoms. The molecule has 1 aliphatic heterocycles. The van der Waals surface area contributed by atoms with Crippen LogP contribution in [0, 0.1) is 0 Å². The Labute approximate surface area is 132 Å². The summed E-state index contributed by atoms with van der Waals surface area (Å²) in [5.41, 5.74) is 3.99. The number of nitrogens with zero attached hydrogens (tertiary/aromatic N) is 2. The Bertz CT molecular complexity index is 631. The van der Waals surface area contributed by atoms with Gasteiger partial charge in [0.05, 0.1) is 12.6 Å². The highest BCUT2D eigenvalue weighted by Crippen LogP contribution is 2.18. The summed E-state index contributed by atoms with van der Waals surface area (Å²) in [5, 5.41) is 3.53. The third kappa shape index (κ3) is 3.30. The molecule has 1 unspecified atom stereocenters. The van der Waals surface area contributed by atoms with Crippen LogP contribution in [0.1, 0.15) is 29.7 Å². The molecule has 0 amide bonds. The van der Waals surface area contributed by atoms with Gasteiger partial charge in [-0.05, 0) is 23.1 Å². The quantitative estimate of drug-likeness (QED) is 0.936. The minimum absolute atomic E-state index is 0.293. The van der Waals surface area contributed by atoms with Crippen molar-refractivity contribution in [2.24, 2.45) is 4.99 Å². The van der Waals surface area contributed by atoms with E-state index in [1.807, 2.05) is 6.07 Å². The first-order valence-corrected chi connectivity index (χ1v) is 7.91. The number of aliphatic imine (C=N–C) groups is 1. The Kier molecular flexibility index (Phi) is 4.42. The van der Waals surface area contributed by atoms with E-state index in [2.05, 4.69) is 77.7 Å². The first-order chi connectivity index (χ1) is 10.8. The number of nitrogens with one attached hydrogen (secondary N) is 1. The fourth-order valence-electron chi connectivity index (χ4n) is 2.76. The van der Waals surface area contributed by atoms with Gasteiger partial charge >= 0.3 is 0 Å². The average molecular weight is 293 g/mol. The van der Waals surface area contributed by atoms with E-state index in [0.717, 1.165) is 25.5 Å². The lowest BCUT2D eigenvalue weighted by Gasteiger charge is -2.21. The second-order valence-electron chi connectivity index (χ2n) is 5.80. The maximum Gasteiger partial charge on any atom is 0.194 e. The molecule has 0 saturated carbocycles. The van der Waals surface area contributed by atoms with E-state index in [-0.39, 0.29) is 0 Å². The van der Waals surface area contributed by atoms with Crippen molar-refractivity contribution in [3.05, 3.63) is 71.3 Å². The first kappa shape index (κ1) is 14.6. The van der Waals surface area contributed by atoms with Gasteiger partial charge in [0, 0.05) is 13.6 Å². The van der Waals surface area contributed by atoms with Crippen LogP contribution in [0.15, 0.2) is 59.6 Å². The van der Waals surface area contributed by atoms with Gasteiger partial charge in [0.2, 0.25) is 0 Å². The molecule has 3 heteroatoms. The van der Waals surface area contributed by atoms with Crippen molar-refractivity contribution < 1.29 is 0 Å². The monoisotopic (exact) mass is 293 g/mol. The normalized spacial score (nSPS) is 17.0. The van der Waals surface area contributed by atoms with Crippen molar-refractivity contribution in [3.8, 4) is 0 Å². The Balaban J connectivity index is 1.60. The van der Waals surface area contributed by atoms with E-state index < -0.39 is 0 Å². The van der Waals surface area contributed by atoms with E-state index in [0.29, 0.717) is 6.04 Å². The lowest BCUT2D eigenvalue weighted by molar-refractivity contribution is 0.480. The summed E-state index contributed by atoms with van der Waals surface area (Å²) in [6.45, 7) is 3.86. The fraction of sp³-hybridized carbons (Fsp3) is 0.316. The van der Waals surface area contributed by atoms with Gasteiger partial charge in [0.1, 0.15) is 0 Å². The lowest BCUT2D eigenvalue weighted by Crippen LogP contribution is -2.36. The second kappa shape index (κ2) is 6.65. The molecule has 1 heterocycles. The van der Waals surface area contributed by atoms with Crippen LogP contribution >= 0.6 is 0 Å². The molecular formula is C19H23N3. The number of rotatable bonds is 4. The van der Waals surface area contributed by atoms with Crippen LogP contribution in [0.2, 0.25) is 0 Å². The number of aryl methyl sites for hydroxylation is 1. The van der Waals surface area contributed by atoms with Gasteiger partial charge in [0.25, 0.3) is 0 Å². The molecule has 0 spiro atoms. The van der Waals surface area contributed by atoms with Crippen molar-refractivity contribution in [1.29, 1.82) is 0 Å². The number of guanidine groups is 1. The highest BCUT2D eigenvalue weighted by molar-refractivity contribution is 5.82. The number of hydrogen-bond acceptors (Lipinski definition) is 3. The van der Waals surface area contributed by atoms with Crippen LogP contribution < -0.4 is 5.32 Å². The van der Waals surface area contributed by atoms with E-state index in [9.17, 15) is 0 Å². The molecule has 0 fully saturated rings. The zero-order valence-corrected chi connectivity index (χ0v) is 13.3. The molecule has 3 nitrogen and oxygen atoms in total. The van der Waals surface area contributed by atoms with Gasteiger partial charge in [-0.15, -0.1) is 0 Å². The minimum Gasteiger partial charge on any atom is -0.348 e. The number of hydrogen-bond donors (Lipinski definition) is 1. The van der Waals surface area contributed by atoms with Crippen LogP contribution in [-0.4, -0.2) is 24.5 Å². The third-order valence-electron chi connectivity index (χ3n) is 4.14. The average Bonchev–Trinajstić information content (AvgIpc) is 3.06. The van der Waals surface area contributed by atoms with Gasteiger partial charge in [-0.3, -0.25) is 4.99 Å². The van der Waals surface area contributed by atoms with Gasteiger partial charge in [-0.2, -0.15) is 0 Å². The summed E-state index contributed by atoms with van der Waals surface area (Å²) in [7, 11) is 2.09. The molecular weight excluding hydrogens is 270 g/mol. The van der Waals surface area contributed by atoms with Crippen LogP contribution in [0.5, 0.6) is 0 Å². The zero-order chi connectivity index (χ0) is 15.4. The molecule has 114 valence electrons. The number of benzene rings is 2. The molecule has 2 aromatic carbocycles. The second-order valence-corrected chi connectivity index (χ2v) is 5.80. The van der Waals surface area contributed by atoms with E-state index in [1.54, 1.807) is 0 Å². The Morgan fingerprint density at radius 3 is 2.41 bits per heavy atom. The lowest BCUT2D eigenvalue weighted by atomic mass is 10.1. The van der Waals surface area contributed by atoms with Crippen molar-refractivity contribution in [3.63, 3.8) is 0 Å². The standard InChI is InChI=1S/C19H23N3/c1-3-15-9-11-16(12-10-15)14-22(2)19-20-13-18(21-19)17-7-5-4-6-8-17/h4-12,18H,3,13-14H2,1-2H3,(H,20,21). The Hall–Kier alpha value is -2.29. The van der Waals surface area contributed by atoms with Crippen LogP contribution in [-0.2, 0) is 13.0 Å². The highest BCUT2D eigenvalue weighted by Gasteiger charge is 2.21. The summed E-state index contributed by atoms with van der Waals surface area (Å²) in [5.74, 6) is 0.980. The van der Waals surface area contributed by atoms with Crippen LogP contribution in [0.3, 0.4) is 0 Å². The highest BCUT2D eigenvalue weighted by atomic mass is 15.3. The SMILES string of the molecule is CCc1ccc(CN(C)C2=NCC(c3ccccc3)N2)cc1. The van der Waals surface area contributed by atoms with Crippen LogP contribution in [0.4, 0.5) is 0 Å². The van der Waals surface area contributed by atoms with Crippen molar-refractivity contribution in [1.82, 2.24) is 10.2 Å². The molecule has 0 aliphatic carbocycles. The van der Waals surface area contributed by atoms with E-state index in [4.69, 9.17) is 0 Å². The van der Waals surface area contributed by atoms with Gasteiger partial charge in [-0.1, -0.05) is 61.5 Å². The van der Waals surface area contributed by atoms with Gasteiger partial charge < -0.3 is 10.2 Å². The van der Waals surface area contributed by atoms with Gasteiger partial charge in [0.15, 0.2) is 5.96 Å². The minimum atomic E-state index is 0.293. The maximum atomic E-state index is 4.65. The molecule has 3 rings (SSSR count). The summed E-state index contributed by atoms with van der Waals surface area (Å²) >= 11 is 0. The van der Waals surface area contributed by atoms with E-state index in [1.165, 1.54) is 16.7 Å². The van der Waals surface area contributed by atoms with E-state index >= 15 is 0 Å². The predicted octanol–water partition coefficient (Wildman–Crippen LogP) is 3.38. The topological polar surface area (TPSA) is 27.6 Å². The largest absolute Gasteiger partial charge is 0.348 e. The predicted molar refractivity (Wildman–Crippen MR) is 91.9 cm³/mol. The van der Waals surface area contributed by atoms with Crippen molar-refractivity contribution >= 4 is 5.96 Å². The first-order valence-electron chi connectivity index (χ1n) is 7.91. The summed E-state index contributed by atoms with van der Waals surface area (Å²) in [4.78, 5) is 6.84.